The van der Waals surface area contributed by atoms with Gasteiger partial charge in [0.2, 0.25) is 0 Å². The van der Waals surface area contributed by atoms with Crippen LogP contribution in [0.2, 0.25) is 0 Å². The van der Waals surface area contributed by atoms with Crippen molar-refractivity contribution < 1.29 is 22.0 Å². The van der Waals surface area contributed by atoms with Crippen LogP contribution in [0.1, 0.15) is 5.56 Å². The van der Waals surface area contributed by atoms with Gasteiger partial charge in [-0.1, -0.05) is 121 Å². The molecule has 0 saturated heterocycles. The van der Waals surface area contributed by atoms with Crippen molar-refractivity contribution in [1.29, 1.82) is 0 Å². The summed E-state index contributed by atoms with van der Waals surface area (Å²) in [6, 6.07) is 59.4. The highest BCUT2D eigenvalue weighted by Gasteiger charge is 2.39. The Labute approximate surface area is 386 Å². The minimum atomic E-state index is -4.93. The van der Waals surface area contributed by atoms with Gasteiger partial charge in [-0.15, -0.1) is 0 Å². The van der Waals surface area contributed by atoms with Crippen molar-refractivity contribution >= 4 is 43.6 Å². The van der Waals surface area contributed by atoms with E-state index in [1.807, 2.05) is 146 Å². The highest BCUT2D eigenvalue weighted by molar-refractivity contribution is 6.12. The molecule has 0 amide bonds. The van der Waals surface area contributed by atoms with Gasteiger partial charge in [-0.05, 0) is 95.1 Å². The van der Waals surface area contributed by atoms with Crippen molar-refractivity contribution in [2.45, 2.75) is 6.18 Å². The average Bonchev–Trinajstić information content (AvgIpc) is 3.88. The second-order valence-corrected chi connectivity index (χ2v) is 16.8. The minimum Gasteiger partial charge on any atom is -0.309 e. The van der Waals surface area contributed by atoms with Crippen molar-refractivity contribution in [3.05, 3.63) is 230 Å². The number of aromatic nitrogens is 4. The van der Waals surface area contributed by atoms with E-state index < -0.39 is 23.4 Å². The molecule has 0 bridgehead atoms. The smallest absolute Gasteiger partial charge is 0.309 e. The van der Waals surface area contributed by atoms with E-state index in [2.05, 4.69) is 0 Å². The first kappa shape index (κ1) is 40.8. The van der Waals surface area contributed by atoms with E-state index in [-0.39, 0.29) is 22.5 Å². The summed E-state index contributed by atoms with van der Waals surface area (Å²) >= 11 is 0. The lowest BCUT2D eigenvalue weighted by Gasteiger charge is -2.23. The van der Waals surface area contributed by atoms with Crippen LogP contribution in [-0.2, 0) is 6.18 Å². The molecule has 4 aromatic heterocycles. The van der Waals surface area contributed by atoms with Crippen LogP contribution >= 0.6 is 0 Å². The molecule has 0 fully saturated rings. The van der Waals surface area contributed by atoms with Gasteiger partial charge in [0.05, 0.1) is 44.8 Å². The van der Waals surface area contributed by atoms with Crippen LogP contribution in [0, 0.1) is 11.6 Å². The van der Waals surface area contributed by atoms with Gasteiger partial charge in [0.1, 0.15) is 17.2 Å². The number of alkyl halides is 3. The molecule has 0 atom stereocenters. The van der Waals surface area contributed by atoms with E-state index in [0.717, 1.165) is 84.5 Å². The number of nitrogens with zero attached hydrogens (tertiary/aromatic N) is 4. The summed E-state index contributed by atoms with van der Waals surface area (Å²) in [5.41, 5.74) is 7.98. The summed E-state index contributed by atoms with van der Waals surface area (Å²) in [4.78, 5) is 9.46. The molecule has 8 aromatic carbocycles. The van der Waals surface area contributed by atoms with Gasteiger partial charge in [-0.25, -0.2) is 8.78 Å². The second-order valence-electron chi connectivity index (χ2n) is 16.8. The lowest BCUT2D eigenvalue weighted by molar-refractivity contribution is -0.137. The van der Waals surface area contributed by atoms with E-state index in [1.54, 1.807) is 45.8 Å². The zero-order chi connectivity index (χ0) is 46.1. The molecule has 0 aliphatic rings. The Balaban J connectivity index is 1.09. The van der Waals surface area contributed by atoms with Crippen LogP contribution in [0.4, 0.5) is 22.0 Å². The number of benzene rings is 8. The predicted octanol–water partition coefficient (Wildman–Crippen LogP) is 16.3. The number of fused-ring (bicyclic) bond motifs is 6. The first-order chi connectivity index (χ1) is 33.2. The van der Waals surface area contributed by atoms with E-state index in [4.69, 9.17) is 9.97 Å². The molecule has 4 heterocycles. The number of pyridine rings is 2. The maximum atomic E-state index is 16.5. The van der Waals surface area contributed by atoms with Crippen molar-refractivity contribution in [2.75, 3.05) is 0 Å². The Kier molecular flexibility index (Phi) is 9.62. The van der Waals surface area contributed by atoms with Gasteiger partial charge in [0.15, 0.2) is 0 Å². The first-order valence-corrected chi connectivity index (χ1v) is 22.0. The second kappa shape index (κ2) is 16.0. The molecular formula is C59H35F5N4. The average molecular weight is 895 g/mol. The minimum absolute atomic E-state index is 0.0859. The van der Waals surface area contributed by atoms with Crippen LogP contribution < -0.4 is 0 Å². The van der Waals surface area contributed by atoms with Gasteiger partial charge in [0.25, 0.3) is 0 Å². The molecule has 0 N–H and O–H groups in total. The maximum Gasteiger partial charge on any atom is 0.420 e. The lowest BCUT2D eigenvalue weighted by Crippen LogP contribution is -2.16. The highest BCUT2D eigenvalue weighted by Crippen LogP contribution is 2.47. The largest absolute Gasteiger partial charge is 0.420 e. The third kappa shape index (κ3) is 6.98. The zero-order valence-electron chi connectivity index (χ0n) is 35.9. The highest BCUT2D eigenvalue weighted by atomic mass is 19.4. The Morgan fingerprint density at radius 3 is 1.15 bits per heavy atom. The predicted molar refractivity (Wildman–Crippen MR) is 263 cm³/mol. The molecule has 326 valence electrons. The van der Waals surface area contributed by atoms with Crippen LogP contribution in [0.15, 0.2) is 213 Å². The molecule has 12 rings (SSSR count). The van der Waals surface area contributed by atoms with E-state index >= 15 is 22.0 Å². The number of rotatable bonds is 7. The molecule has 0 aliphatic heterocycles. The van der Waals surface area contributed by atoms with E-state index in [9.17, 15) is 0 Å². The summed E-state index contributed by atoms with van der Waals surface area (Å²) < 4.78 is 82.9. The van der Waals surface area contributed by atoms with Gasteiger partial charge in [-0.3, -0.25) is 9.97 Å². The van der Waals surface area contributed by atoms with E-state index in [0.29, 0.717) is 22.1 Å². The summed E-state index contributed by atoms with van der Waals surface area (Å²) in [7, 11) is 0. The van der Waals surface area contributed by atoms with Crippen LogP contribution in [0.25, 0.3) is 111 Å². The molecule has 12 aromatic rings. The molecule has 0 unspecified atom stereocenters. The quantitative estimate of drug-likeness (QED) is 0.149. The van der Waals surface area contributed by atoms with Crippen molar-refractivity contribution in [2.24, 2.45) is 0 Å². The molecule has 0 aliphatic carbocycles. The van der Waals surface area contributed by atoms with Gasteiger partial charge >= 0.3 is 6.18 Å². The Morgan fingerprint density at radius 2 is 0.721 bits per heavy atom. The van der Waals surface area contributed by atoms with E-state index in [1.165, 1.54) is 12.1 Å². The van der Waals surface area contributed by atoms with Crippen molar-refractivity contribution in [3.8, 4) is 67.3 Å². The number of halogens is 5. The molecule has 9 heteroatoms. The number of hydrogen-bond donors (Lipinski definition) is 0. The summed E-state index contributed by atoms with van der Waals surface area (Å²) in [5, 5.41) is 2.90. The van der Waals surface area contributed by atoms with Crippen LogP contribution in [0.5, 0.6) is 0 Å². The Hall–Kier alpha value is -8.69. The molecule has 0 saturated carbocycles. The molecule has 0 radical (unpaired) electrons. The summed E-state index contributed by atoms with van der Waals surface area (Å²) in [6.07, 6.45) is -1.33. The molecule has 0 spiro atoms. The third-order valence-corrected chi connectivity index (χ3v) is 12.7. The fraction of sp³-hybridized carbons (Fsp3) is 0.0169. The van der Waals surface area contributed by atoms with Gasteiger partial charge in [0, 0.05) is 62.3 Å². The molecule has 4 nitrogen and oxygen atoms in total. The maximum absolute atomic E-state index is 16.5. The number of para-hydroxylation sites is 2. The fourth-order valence-corrected chi connectivity index (χ4v) is 9.65. The lowest BCUT2D eigenvalue weighted by atomic mass is 9.98. The fourth-order valence-electron chi connectivity index (χ4n) is 9.65. The van der Waals surface area contributed by atoms with Gasteiger partial charge in [-0.2, -0.15) is 13.2 Å². The molecular weight excluding hydrogens is 860 g/mol. The first-order valence-electron chi connectivity index (χ1n) is 22.0. The number of hydrogen-bond acceptors (Lipinski definition) is 2. The summed E-state index contributed by atoms with van der Waals surface area (Å²) in [6.45, 7) is 0. The molecule has 68 heavy (non-hydrogen) atoms. The standard InChI is InChI=1S/C59H35F5N4/c60-44-27-42(28-45(61)33-44)43-31-56(67-52-17-9-7-15-46(52)48-29-38(21-25-54(48)67)40-19-23-50(65-34-40)36-11-3-1-4-12-36)58(59(62,63)64)57(32-43)68-53-18-10-8-16-47(53)49-30-39(22-26-55(49)68)41-20-24-51(66-35-41)37-13-5-2-6-14-37/h1-35H. The van der Waals surface area contributed by atoms with Crippen molar-refractivity contribution in [3.63, 3.8) is 0 Å². The van der Waals surface area contributed by atoms with Gasteiger partial charge < -0.3 is 9.13 Å². The van der Waals surface area contributed by atoms with Crippen LogP contribution in [0.3, 0.4) is 0 Å². The monoisotopic (exact) mass is 894 g/mol. The Morgan fingerprint density at radius 1 is 0.324 bits per heavy atom. The third-order valence-electron chi connectivity index (χ3n) is 12.7. The van der Waals surface area contributed by atoms with Crippen LogP contribution in [-0.4, -0.2) is 19.1 Å². The van der Waals surface area contributed by atoms with Crippen molar-refractivity contribution in [1.82, 2.24) is 19.1 Å². The Bertz CT molecular complexity index is 3650. The topological polar surface area (TPSA) is 35.6 Å². The SMILES string of the molecule is Fc1cc(F)cc(-c2cc(-n3c4ccccc4c4cc(-c5ccc(-c6ccccc6)nc5)ccc43)c(C(F)(F)F)c(-n3c4ccccc4c4cc(-c5ccc(-c6ccccc6)nc5)ccc43)c2)c1. The zero-order valence-corrected chi connectivity index (χ0v) is 35.9. The summed E-state index contributed by atoms with van der Waals surface area (Å²) in [5.74, 6) is -1.70. The normalized spacial score (nSPS) is 11.9.